The first-order valence-corrected chi connectivity index (χ1v) is 9.29. The Hall–Kier alpha value is -3.07. The number of benzene rings is 2. The molecule has 0 aliphatic heterocycles. The van der Waals surface area contributed by atoms with Gasteiger partial charge in [-0.1, -0.05) is 69.3 Å². The van der Waals surface area contributed by atoms with Crippen LogP contribution in [0, 0.1) is 5.21 Å². The zero-order valence-electron chi connectivity index (χ0n) is 16.0. The van der Waals surface area contributed by atoms with Crippen molar-refractivity contribution < 1.29 is 4.73 Å². The second-order valence-corrected chi connectivity index (χ2v) is 8.05. The smallest absolute Gasteiger partial charge is 0.226 e. The third kappa shape index (κ3) is 3.33. The Morgan fingerprint density at radius 3 is 2.37 bits per heavy atom. The van der Waals surface area contributed by atoms with Gasteiger partial charge in [0.25, 0.3) is 0 Å². The number of hydrogen-bond acceptors (Lipinski definition) is 1. The third-order valence-corrected chi connectivity index (χ3v) is 5.05. The molecule has 3 heteroatoms. The highest BCUT2D eigenvalue weighted by atomic mass is 16.5. The molecule has 4 rings (SSSR count). The molecule has 2 aromatic heterocycles. The number of fused-ring (bicyclic) bond motifs is 1. The molecule has 0 amide bonds. The lowest BCUT2D eigenvalue weighted by atomic mass is 9.87. The van der Waals surface area contributed by atoms with Crippen LogP contribution in [0.4, 0.5) is 0 Å². The van der Waals surface area contributed by atoms with E-state index >= 15 is 0 Å². The Kier molecular flexibility index (Phi) is 4.23. The van der Waals surface area contributed by atoms with Crippen LogP contribution in [0.2, 0.25) is 0 Å². The maximum atomic E-state index is 12.6. The minimum Gasteiger partial charge on any atom is -0.618 e. The summed E-state index contributed by atoms with van der Waals surface area (Å²) in [6, 6.07) is 22.6. The van der Waals surface area contributed by atoms with Crippen LogP contribution >= 0.6 is 0 Å². The minimum absolute atomic E-state index is 0.00851. The van der Waals surface area contributed by atoms with Crippen LogP contribution in [-0.2, 0) is 12.0 Å². The van der Waals surface area contributed by atoms with E-state index in [4.69, 9.17) is 0 Å². The van der Waals surface area contributed by atoms with Crippen molar-refractivity contribution in [3.63, 3.8) is 0 Å². The summed E-state index contributed by atoms with van der Waals surface area (Å²) in [6.45, 7) is 7.28. The van der Waals surface area contributed by atoms with Crippen LogP contribution in [-0.4, -0.2) is 4.57 Å². The summed E-state index contributed by atoms with van der Waals surface area (Å²) in [5.41, 5.74) is 5.20. The third-order valence-electron chi connectivity index (χ3n) is 5.05. The van der Waals surface area contributed by atoms with Crippen LogP contribution in [0.3, 0.4) is 0 Å². The van der Waals surface area contributed by atoms with Gasteiger partial charge in [-0.3, -0.25) is 0 Å². The summed E-state index contributed by atoms with van der Waals surface area (Å²) >= 11 is 0. The van der Waals surface area contributed by atoms with E-state index in [9.17, 15) is 5.21 Å². The van der Waals surface area contributed by atoms with Gasteiger partial charge in [0.2, 0.25) is 5.69 Å². The Balaban J connectivity index is 1.88. The summed E-state index contributed by atoms with van der Waals surface area (Å²) in [5.74, 6) is 0. The zero-order valence-corrected chi connectivity index (χ0v) is 16.0. The molecular weight excluding hydrogens is 332 g/mol. The van der Waals surface area contributed by atoms with Crippen LogP contribution in [0.5, 0.6) is 0 Å². The minimum atomic E-state index is -0.00851. The Morgan fingerprint density at radius 2 is 1.63 bits per heavy atom. The van der Waals surface area contributed by atoms with Crippen molar-refractivity contribution in [2.75, 3.05) is 0 Å². The molecule has 0 N–H and O–H groups in total. The summed E-state index contributed by atoms with van der Waals surface area (Å²) in [7, 11) is 0. The Morgan fingerprint density at radius 1 is 0.926 bits per heavy atom. The molecule has 3 nitrogen and oxygen atoms in total. The van der Waals surface area contributed by atoms with Gasteiger partial charge in [0.15, 0.2) is 6.20 Å². The van der Waals surface area contributed by atoms with Gasteiger partial charge in [-0.25, -0.2) is 0 Å². The summed E-state index contributed by atoms with van der Waals surface area (Å²) in [6.07, 6.45) is 3.73. The predicted molar refractivity (Wildman–Crippen MR) is 111 cm³/mol. The van der Waals surface area contributed by atoms with Crippen molar-refractivity contribution >= 4 is 10.9 Å². The lowest BCUT2D eigenvalue weighted by molar-refractivity contribution is -0.593. The maximum Gasteiger partial charge on any atom is 0.226 e. The van der Waals surface area contributed by atoms with E-state index in [0.29, 0.717) is 5.69 Å². The number of hydrogen-bond donors (Lipinski definition) is 0. The zero-order chi connectivity index (χ0) is 19.0. The molecule has 0 saturated heterocycles. The van der Waals surface area contributed by atoms with Crippen molar-refractivity contribution in [1.82, 2.24) is 4.57 Å². The summed E-state index contributed by atoms with van der Waals surface area (Å²) in [4.78, 5) is 0. The van der Waals surface area contributed by atoms with Crippen molar-refractivity contribution in [2.24, 2.45) is 0 Å². The molecule has 4 aromatic rings. The molecule has 0 radical (unpaired) electrons. The van der Waals surface area contributed by atoms with Gasteiger partial charge < -0.3 is 9.77 Å². The monoisotopic (exact) mass is 356 g/mol. The largest absolute Gasteiger partial charge is 0.618 e. The number of aromatic nitrogens is 2. The average molecular weight is 356 g/mol. The first-order chi connectivity index (χ1) is 12.9. The van der Waals surface area contributed by atoms with Gasteiger partial charge in [-0.2, -0.15) is 4.73 Å². The Labute approximate surface area is 160 Å². The van der Waals surface area contributed by atoms with Gasteiger partial charge in [-0.05, 0) is 22.6 Å². The molecule has 0 saturated carbocycles. The van der Waals surface area contributed by atoms with Gasteiger partial charge in [0.1, 0.15) is 0 Å². The Bertz CT molecular complexity index is 1090. The van der Waals surface area contributed by atoms with E-state index in [0.717, 1.165) is 33.3 Å². The van der Waals surface area contributed by atoms with E-state index in [2.05, 4.69) is 67.9 Å². The van der Waals surface area contributed by atoms with E-state index in [-0.39, 0.29) is 5.41 Å². The molecule has 0 unspecified atom stereocenters. The molecule has 2 aromatic carbocycles. The van der Waals surface area contributed by atoms with E-state index < -0.39 is 0 Å². The summed E-state index contributed by atoms with van der Waals surface area (Å²) in [5, 5.41) is 13.7. The summed E-state index contributed by atoms with van der Waals surface area (Å²) < 4.78 is 3.20. The second-order valence-electron chi connectivity index (χ2n) is 8.05. The van der Waals surface area contributed by atoms with E-state index in [1.165, 1.54) is 5.56 Å². The molecule has 0 aliphatic carbocycles. The van der Waals surface area contributed by atoms with Gasteiger partial charge in [0, 0.05) is 35.8 Å². The first-order valence-electron chi connectivity index (χ1n) is 9.29. The van der Waals surface area contributed by atoms with Gasteiger partial charge in [-0.15, -0.1) is 0 Å². The topological polar surface area (TPSA) is 31.9 Å². The van der Waals surface area contributed by atoms with Crippen molar-refractivity contribution in [3.05, 3.63) is 95.5 Å². The quantitative estimate of drug-likeness (QED) is 0.363. The van der Waals surface area contributed by atoms with Gasteiger partial charge in [0.05, 0.1) is 5.56 Å². The normalized spacial score (nSPS) is 11.8. The fourth-order valence-corrected chi connectivity index (χ4v) is 3.51. The predicted octanol–water partition coefficient (Wildman–Crippen LogP) is 5.29. The van der Waals surface area contributed by atoms with Crippen molar-refractivity contribution in [3.8, 4) is 11.3 Å². The molecule has 0 fully saturated rings. The highest BCUT2D eigenvalue weighted by Crippen LogP contribution is 2.31. The molecule has 0 spiro atoms. The second kappa shape index (κ2) is 6.58. The number of pyridine rings is 1. The van der Waals surface area contributed by atoms with E-state index in [1.54, 1.807) is 6.20 Å². The average Bonchev–Trinajstić information content (AvgIpc) is 3.01. The maximum absolute atomic E-state index is 12.6. The molecule has 0 bridgehead atoms. The molecule has 27 heavy (non-hydrogen) atoms. The first kappa shape index (κ1) is 17.3. The number of nitrogens with zero attached hydrogens (tertiary/aromatic N) is 2. The van der Waals surface area contributed by atoms with Crippen LogP contribution < -0.4 is 4.73 Å². The lowest BCUT2D eigenvalue weighted by Crippen LogP contribution is -2.29. The van der Waals surface area contributed by atoms with Gasteiger partial charge >= 0.3 is 0 Å². The molecule has 0 aliphatic rings. The highest BCUT2D eigenvalue weighted by Gasteiger charge is 2.21. The van der Waals surface area contributed by atoms with Crippen LogP contribution in [0.15, 0.2) is 79.1 Å². The van der Waals surface area contributed by atoms with E-state index in [1.807, 2.05) is 30.3 Å². The fraction of sp³-hybridized carbons (Fsp3) is 0.208. The molecule has 2 heterocycles. The number of para-hydroxylation sites is 1. The molecular formula is C24H24N2O. The standard InChI is InChI=1S/C24H24N2O/c1-24(2,3)19-13-14-26(27)23(15-19)21-17-25(16-18-9-5-4-6-10-18)22-12-8-7-11-20(21)22/h4-15,17H,16H2,1-3H3. The number of rotatable bonds is 3. The van der Waals surface area contributed by atoms with Crippen LogP contribution in [0.1, 0.15) is 31.9 Å². The SMILES string of the molecule is CC(C)(C)c1cc[n+]([O-])c(-c2cn(Cc3ccccc3)c3ccccc23)c1. The molecule has 136 valence electrons. The van der Waals surface area contributed by atoms with Crippen molar-refractivity contribution in [2.45, 2.75) is 32.7 Å². The lowest BCUT2D eigenvalue weighted by Gasteiger charge is -2.19. The van der Waals surface area contributed by atoms with Crippen LogP contribution in [0.25, 0.3) is 22.2 Å². The highest BCUT2D eigenvalue weighted by molar-refractivity contribution is 5.94. The fourth-order valence-electron chi connectivity index (χ4n) is 3.51. The molecule has 0 atom stereocenters. The van der Waals surface area contributed by atoms with Crippen molar-refractivity contribution in [1.29, 1.82) is 0 Å².